The molecule has 0 radical (unpaired) electrons. The molecule has 1 aliphatic rings. The van der Waals surface area contributed by atoms with Gasteiger partial charge in [-0.1, -0.05) is 0 Å². The molecule has 2 N–H and O–H groups in total. The number of hydrogen-bond donors (Lipinski definition) is 2. The number of nitrogens with zero attached hydrogens (tertiary/aromatic N) is 1. The lowest BCUT2D eigenvalue weighted by Gasteiger charge is -2.27. The molecule has 138 valence electrons. The molecule has 3 rings (SSSR count). The summed E-state index contributed by atoms with van der Waals surface area (Å²) in [5, 5.41) is 10.8. The minimum Gasteiger partial charge on any atom is -0.491 e. The minimum absolute atomic E-state index is 0.0621. The first-order valence-electron chi connectivity index (χ1n) is 8.55. The van der Waals surface area contributed by atoms with Crippen LogP contribution in [0.5, 0.6) is 5.75 Å². The number of nitrogens with one attached hydrogen (secondary N) is 1. The van der Waals surface area contributed by atoms with Gasteiger partial charge in [-0.3, -0.25) is 9.59 Å². The predicted octanol–water partition coefficient (Wildman–Crippen LogP) is 1.95. The van der Waals surface area contributed by atoms with Crippen LogP contribution in [0.3, 0.4) is 0 Å². The van der Waals surface area contributed by atoms with Crippen molar-refractivity contribution < 1.29 is 19.0 Å². The molecule has 1 aliphatic heterocycles. The summed E-state index contributed by atoms with van der Waals surface area (Å²) in [4.78, 5) is 28.4. The lowest BCUT2D eigenvalue weighted by Crippen LogP contribution is -2.39. The number of likely N-dealkylation sites (tertiary alicyclic amines) is 1. The highest BCUT2D eigenvalue weighted by Gasteiger charge is 2.33. The molecular weight excluding hydrogens is 339 g/mol. The second-order valence-electron chi connectivity index (χ2n) is 6.53. The summed E-state index contributed by atoms with van der Waals surface area (Å²) >= 11 is 0. The van der Waals surface area contributed by atoms with E-state index >= 15 is 0 Å². The van der Waals surface area contributed by atoms with E-state index in [0.29, 0.717) is 38.1 Å². The molecule has 1 fully saturated rings. The molecule has 0 saturated carbocycles. The number of carbonyl (C=O) groups excluding carboxylic acids is 1. The first-order chi connectivity index (χ1) is 12.5. The first kappa shape index (κ1) is 18.1. The van der Waals surface area contributed by atoms with E-state index < -0.39 is 11.2 Å². The van der Waals surface area contributed by atoms with Crippen molar-refractivity contribution in [3.63, 3.8) is 0 Å². The zero-order valence-corrected chi connectivity index (χ0v) is 14.3. The van der Waals surface area contributed by atoms with E-state index in [0.717, 1.165) is 0 Å². The van der Waals surface area contributed by atoms with Crippen LogP contribution in [0.15, 0.2) is 47.4 Å². The smallest absolute Gasteiger partial charge is 0.260 e. The van der Waals surface area contributed by atoms with Crippen LogP contribution in [0.1, 0.15) is 29.6 Å². The quantitative estimate of drug-likeness (QED) is 0.873. The summed E-state index contributed by atoms with van der Waals surface area (Å²) in [5.74, 6) is -0.209. The summed E-state index contributed by atoms with van der Waals surface area (Å²) < 4.78 is 18.5. The normalized spacial score (nSPS) is 20.5. The molecule has 1 saturated heterocycles. The van der Waals surface area contributed by atoms with E-state index in [1.54, 1.807) is 11.0 Å². The van der Waals surface area contributed by atoms with Crippen molar-refractivity contribution in [2.45, 2.75) is 24.9 Å². The van der Waals surface area contributed by atoms with Crippen LogP contribution in [-0.2, 0) is 0 Å². The molecule has 0 aliphatic carbocycles. The molecule has 0 spiro atoms. The molecule has 1 atom stereocenters. The lowest BCUT2D eigenvalue weighted by molar-refractivity contribution is -0.0163. The van der Waals surface area contributed by atoms with Crippen molar-refractivity contribution in [2.24, 2.45) is 0 Å². The fourth-order valence-electron chi connectivity index (χ4n) is 3.04. The zero-order chi connectivity index (χ0) is 18.6. The number of benzene rings is 1. The largest absolute Gasteiger partial charge is 0.491 e. The predicted molar refractivity (Wildman–Crippen MR) is 93.7 cm³/mol. The third-order valence-corrected chi connectivity index (χ3v) is 4.57. The number of ether oxygens (including phenoxy) is 1. The number of halogens is 1. The van der Waals surface area contributed by atoms with Crippen molar-refractivity contribution in [1.29, 1.82) is 0 Å². The Hall–Kier alpha value is -2.67. The number of rotatable bonds is 4. The summed E-state index contributed by atoms with van der Waals surface area (Å²) in [6.45, 7) is 0.856. The van der Waals surface area contributed by atoms with Gasteiger partial charge in [0.15, 0.2) is 0 Å². The Morgan fingerprint density at radius 1 is 1.23 bits per heavy atom. The Balaban J connectivity index is 1.61. The average molecular weight is 360 g/mol. The average Bonchev–Trinajstić information content (AvgIpc) is 2.83. The Morgan fingerprint density at radius 2 is 2.00 bits per heavy atom. The highest BCUT2D eigenvalue weighted by molar-refractivity contribution is 5.93. The molecule has 26 heavy (non-hydrogen) atoms. The van der Waals surface area contributed by atoms with Gasteiger partial charge in [0.05, 0.1) is 0 Å². The second-order valence-corrected chi connectivity index (χ2v) is 6.53. The topological polar surface area (TPSA) is 82.6 Å². The van der Waals surface area contributed by atoms with Crippen LogP contribution in [-0.4, -0.2) is 46.2 Å². The fraction of sp³-hybridized carbons (Fsp3) is 0.368. The van der Waals surface area contributed by atoms with Crippen LogP contribution in [0.2, 0.25) is 0 Å². The number of H-pyrrole nitrogens is 1. The summed E-state index contributed by atoms with van der Waals surface area (Å²) in [7, 11) is 0. The van der Waals surface area contributed by atoms with Gasteiger partial charge in [-0.25, -0.2) is 4.39 Å². The van der Waals surface area contributed by atoms with Gasteiger partial charge in [0, 0.05) is 19.3 Å². The van der Waals surface area contributed by atoms with Gasteiger partial charge in [0.1, 0.15) is 29.3 Å². The van der Waals surface area contributed by atoms with Crippen molar-refractivity contribution in [1.82, 2.24) is 9.88 Å². The van der Waals surface area contributed by atoms with Gasteiger partial charge < -0.3 is 19.7 Å². The Kier molecular flexibility index (Phi) is 5.37. The number of carbonyl (C=O) groups is 1. The van der Waals surface area contributed by atoms with Gasteiger partial charge in [-0.05, 0) is 55.7 Å². The summed E-state index contributed by atoms with van der Waals surface area (Å²) in [6, 6.07) is 8.71. The standard InChI is InChI=1S/C19H21FN2O4/c20-14-4-6-15(7-5-14)26-13-19(25)8-2-11-22(12-9-19)18(24)16-3-1-10-21-17(16)23/h1,3-7,10,25H,2,8-9,11-13H2,(H,21,23). The number of hydrogen-bond acceptors (Lipinski definition) is 4. The Bertz CT molecular complexity index is 821. The van der Waals surface area contributed by atoms with Gasteiger partial charge in [-0.15, -0.1) is 0 Å². The van der Waals surface area contributed by atoms with Crippen LogP contribution >= 0.6 is 0 Å². The maximum absolute atomic E-state index is 12.9. The molecule has 7 heteroatoms. The van der Waals surface area contributed by atoms with Crippen molar-refractivity contribution in [2.75, 3.05) is 19.7 Å². The van der Waals surface area contributed by atoms with E-state index in [1.807, 2.05) is 0 Å². The zero-order valence-electron chi connectivity index (χ0n) is 14.3. The molecule has 2 aromatic rings. The van der Waals surface area contributed by atoms with Gasteiger partial charge in [-0.2, -0.15) is 0 Å². The van der Waals surface area contributed by atoms with Gasteiger partial charge in [0.25, 0.3) is 11.5 Å². The molecule has 1 aromatic carbocycles. The highest BCUT2D eigenvalue weighted by atomic mass is 19.1. The Morgan fingerprint density at radius 3 is 2.73 bits per heavy atom. The minimum atomic E-state index is -1.08. The van der Waals surface area contributed by atoms with E-state index in [2.05, 4.69) is 4.98 Å². The SMILES string of the molecule is O=C(c1ccc[nH]c1=O)N1CCCC(O)(COc2ccc(F)cc2)CC1. The van der Waals surface area contributed by atoms with E-state index in [-0.39, 0.29) is 23.9 Å². The van der Waals surface area contributed by atoms with Crippen molar-refractivity contribution in [3.05, 3.63) is 64.3 Å². The summed E-state index contributed by atoms with van der Waals surface area (Å²) in [5.41, 5.74) is -1.40. The van der Waals surface area contributed by atoms with Crippen LogP contribution in [0.25, 0.3) is 0 Å². The second kappa shape index (κ2) is 7.70. The maximum atomic E-state index is 12.9. The number of aliphatic hydroxyl groups is 1. The number of aromatic amines is 1. The molecule has 0 bridgehead atoms. The van der Waals surface area contributed by atoms with Crippen LogP contribution in [0.4, 0.5) is 4.39 Å². The van der Waals surface area contributed by atoms with Gasteiger partial charge in [0.2, 0.25) is 0 Å². The van der Waals surface area contributed by atoms with E-state index in [9.17, 15) is 19.1 Å². The third-order valence-electron chi connectivity index (χ3n) is 4.57. The van der Waals surface area contributed by atoms with Gasteiger partial charge >= 0.3 is 0 Å². The molecule has 6 nitrogen and oxygen atoms in total. The maximum Gasteiger partial charge on any atom is 0.260 e. The molecule has 2 heterocycles. The monoisotopic (exact) mass is 360 g/mol. The molecule has 1 unspecified atom stereocenters. The number of pyridine rings is 1. The fourth-order valence-corrected chi connectivity index (χ4v) is 3.04. The highest BCUT2D eigenvalue weighted by Crippen LogP contribution is 2.24. The molecular formula is C19H21FN2O4. The first-order valence-corrected chi connectivity index (χ1v) is 8.55. The van der Waals surface area contributed by atoms with Crippen molar-refractivity contribution in [3.8, 4) is 5.75 Å². The number of aromatic nitrogens is 1. The lowest BCUT2D eigenvalue weighted by atomic mass is 9.96. The van der Waals surface area contributed by atoms with E-state index in [4.69, 9.17) is 4.74 Å². The van der Waals surface area contributed by atoms with Crippen molar-refractivity contribution >= 4 is 5.91 Å². The number of amides is 1. The Labute approximate surface area is 150 Å². The third kappa shape index (κ3) is 4.29. The van der Waals surface area contributed by atoms with Crippen LogP contribution in [0, 0.1) is 5.82 Å². The van der Waals surface area contributed by atoms with E-state index in [1.165, 1.54) is 36.5 Å². The molecule has 1 amide bonds. The molecule has 1 aromatic heterocycles. The van der Waals surface area contributed by atoms with Crippen LogP contribution < -0.4 is 10.3 Å². The summed E-state index contributed by atoms with van der Waals surface area (Å²) in [6.07, 6.45) is 2.89.